The fraction of sp³-hybridized carbons (Fsp3) is 0.357. The standard InChI is InChI=1S/C14H17N3/c1-10-6-11(9-17(2)8-10)13-7-16-14-12(13)4-3-5-15-14/h3-7,10H,8-9H2,1-2H3,(H,15,16)/t10-/m0/s1. The van der Waals surface area contributed by atoms with Crippen LogP contribution in [0.25, 0.3) is 16.6 Å². The molecule has 2 aromatic rings. The summed E-state index contributed by atoms with van der Waals surface area (Å²) in [6.45, 7) is 4.43. The summed E-state index contributed by atoms with van der Waals surface area (Å²) < 4.78 is 0. The Balaban J connectivity index is 2.09. The van der Waals surface area contributed by atoms with Crippen LogP contribution in [-0.2, 0) is 0 Å². The lowest BCUT2D eigenvalue weighted by Crippen LogP contribution is -2.29. The number of likely N-dealkylation sites (N-methyl/N-ethyl adjacent to an activating group) is 1. The first-order valence-corrected chi connectivity index (χ1v) is 6.06. The summed E-state index contributed by atoms with van der Waals surface area (Å²) in [4.78, 5) is 9.95. The van der Waals surface area contributed by atoms with E-state index in [-0.39, 0.29) is 0 Å². The van der Waals surface area contributed by atoms with E-state index in [9.17, 15) is 0 Å². The molecule has 3 nitrogen and oxygen atoms in total. The van der Waals surface area contributed by atoms with Crippen molar-refractivity contribution in [2.24, 2.45) is 5.92 Å². The highest BCUT2D eigenvalue weighted by Crippen LogP contribution is 2.27. The van der Waals surface area contributed by atoms with Crippen molar-refractivity contribution in [3.63, 3.8) is 0 Å². The molecular formula is C14H17N3. The van der Waals surface area contributed by atoms with Crippen molar-refractivity contribution >= 4 is 16.6 Å². The van der Waals surface area contributed by atoms with Gasteiger partial charge in [-0.1, -0.05) is 13.0 Å². The van der Waals surface area contributed by atoms with Crippen LogP contribution in [-0.4, -0.2) is 35.0 Å². The minimum Gasteiger partial charge on any atom is -0.346 e. The van der Waals surface area contributed by atoms with Gasteiger partial charge in [-0.05, 0) is 30.7 Å². The molecule has 17 heavy (non-hydrogen) atoms. The molecule has 3 heterocycles. The van der Waals surface area contributed by atoms with Gasteiger partial charge in [-0.15, -0.1) is 0 Å². The molecule has 88 valence electrons. The van der Waals surface area contributed by atoms with Crippen molar-refractivity contribution in [1.29, 1.82) is 0 Å². The molecule has 1 aliphatic heterocycles. The van der Waals surface area contributed by atoms with E-state index >= 15 is 0 Å². The number of nitrogens with one attached hydrogen (secondary N) is 1. The fourth-order valence-electron chi connectivity index (χ4n) is 2.69. The second-order valence-corrected chi connectivity index (χ2v) is 4.97. The van der Waals surface area contributed by atoms with E-state index in [1.807, 2.05) is 12.3 Å². The minimum atomic E-state index is 0.616. The van der Waals surface area contributed by atoms with Crippen LogP contribution in [0.2, 0.25) is 0 Å². The Bertz CT molecular complexity index is 568. The van der Waals surface area contributed by atoms with Gasteiger partial charge in [-0.2, -0.15) is 0 Å². The Kier molecular flexibility index (Phi) is 2.48. The maximum Gasteiger partial charge on any atom is 0.137 e. The first kappa shape index (κ1) is 10.5. The number of H-pyrrole nitrogens is 1. The number of aromatic amines is 1. The average molecular weight is 227 g/mol. The summed E-state index contributed by atoms with van der Waals surface area (Å²) in [6, 6.07) is 4.13. The lowest BCUT2D eigenvalue weighted by molar-refractivity contribution is 0.330. The van der Waals surface area contributed by atoms with Crippen molar-refractivity contribution in [2.75, 3.05) is 20.1 Å². The molecule has 0 aliphatic carbocycles. The van der Waals surface area contributed by atoms with Crippen LogP contribution in [0.1, 0.15) is 12.5 Å². The molecule has 0 fully saturated rings. The van der Waals surface area contributed by atoms with Gasteiger partial charge in [0.05, 0.1) is 0 Å². The zero-order valence-electron chi connectivity index (χ0n) is 10.3. The normalized spacial score (nSPS) is 21.8. The van der Waals surface area contributed by atoms with Gasteiger partial charge in [-0.25, -0.2) is 4.98 Å². The number of pyridine rings is 1. The molecule has 0 saturated heterocycles. The number of rotatable bonds is 1. The molecule has 0 bridgehead atoms. The van der Waals surface area contributed by atoms with Gasteiger partial charge >= 0.3 is 0 Å². The molecule has 2 aromatic heterocycles. The van der Waals surface area contributed by atoms with Crippen LogP contribution < -0.4 is 0 Å². The third-order valence-corrected chi connectivity index (χ3v) is 3.32. The first-order valence-electron chi connectivity index (χ1n) is 6.06. The monoisotopic (exact) mass is 227 g/mol. The predicted molar refractivity (Wildman–Crippen MR) is 70.7 cm³/mol. The molecule has 1 N–H and O–H groups in total. The summed E-state index contributed by atoms with van der Waals surface area (Å²) >= 11 is 0. The van der Waals surface area contributed by atoms with Crippen molar-refractivity contribution in [2.45, 2.75) is 6.92 Å². The van der Waals surface area contributed by atoms with Gasteiger partial charge in [-0.3, -0.25) is 0 Å². The predicted octanol–water partition coefficient (Wildman–Crippen LogP) is 2.53. The second kappa shape index (κ2) is 4.00. The van der Waals surface area contributed by atoms with Crippen LogP contribution in [0.4, 0.5) is 0 Å². The van der Waals surface area contributed by atoms with E-state index in [2.05, 4.69) is 47.2 Å². The van der Waals surface area contributed by atoms with Gasteiger partial charge in [0.2, 0.25) is 0 Å². The summed E-state index contributed by atoms with van der Waals surface area (Å²) in [6.07, 6.45) is 6.29. The van der Waals surface area contributed by atoms with Gasteiger partial charge < -0.3 is 9.88 Å². The third-order valence-electron chi connectivity index (χ3n) is 3.32. The number of hydrogen-bond donors (Lipinski definition) is 1. The molecular weight excluding hydrogens is 210 g/mol. The van der Waals surface area contributed by atoms with Crippen molar-refractivity contribution < 1.29 is 0 Å². The number of nitrogens with zero attached hydrogens (tertiary/aromatic N) is 2. The highest BCUT2D eigenvalue weighted by molar-refractivity contribution is 5.91. The van der Waals surface area contributed by atoms with E-state index in [0.717, 1.165) is 18.7 Å². The fourth-order valence-corrected chi connectivity index (χ4v) is 2.69. The third kappa shape index (κ3) is 1.87. The molecule has 0 amide bonds. The maximum absolute atomic E-state index is 4.34. The van der Waals surface area contributed by atoms with Crippen molar-refractivity contribution in [3.05, 3.63) is 36.2 Å². The lowest BCUT2D eigenvalue weighted by atomic mass is 9.96. The minimum absolute atomic E-state index is 0.616. The van der Waals surface area contributed by atoms with Crippen LogP contribution in [0.5, 0.6) is 0 Å². The van der Waals surface area contributed by atoms with Crippen LogP contribution in [0, 0.1) is 5.92 Å². The van der Waals surface area contributed by atoms with E-state index < -0.39 is 0 Å². The molecule has 0 radical (unpaired) electrons. The van der Waals surface area contributed by atoms with Gasteiger partial charge in [0.1, 0.15) is 5.65 Å². The Morgan fingerprint density at radius 3 is 3.18 bits per heavy atom. The molecule has 0 unspecified atom stereocenters. The summed E-state index contributed by atoms with van der Waals surface area (Å²) in [7, 11) is 2.18. The van der Waals surface area contributed by atoms with E-state index in [4.69, 9.17) is 0 Å². The maximum atomic E-state index is 4.34. The molecule has 3 rings (SSSR count). The Labute approximate surface area is 101 Å². The summed E-state index contributed by atoms with van der Waals surface area (Å²) in [5.41, 5.74) is 3.68. The van der Waals surface area contributed by atoms with Crippen LogP contribution >= 0.6 is 0 Å². The number of hydrogen-bond acceptors (Lipinski definition) is 2. The van der Waals surface area contributed by atoms with Crippen LogP contribution in [0.3, 0.4) is 0 Å². The molecule has 1 aliphatic rings. The lowest BCUT2D eigenvalue weighted by Gasteiger charge is -2.27. The zero-order valence-corrected chi connectivity index (χ0v) is 10.3. The zero-order chi connectivity index (χ0) is 11.8. The smallest absolute Gasteiger partial charge is 0.137 e. The van der Waals surface area contributed by atoms with Crippen LogP contribution in [0.15, 0.2) is 30.6 Å². The molecule has 0 spiro atoms. The quantitative estimate of drug-likeness (QED) is 0.811. The molecule has 0 saturated carbocycles. The number of aromatic nitrogens is 2. The summed E-state index contributed by atoms with van der Waals surface area (Å²) in [5, 5.41) is 1.22. The Hall–Kier alpha value is -1.61. The molecule has 3 heteroatoms. The average Bonchev–Trinajstić information content (AvgIpc) is 2.71. The Morgan fingerprint density at radius 2 is 2.35 bits per heavy atom. The van der Waals surface area contributed by atoms with E-state index in [0.29, 0.717) is 5.92 Å². The van der Waals surface area contributed by atoms with Gasteiger partial charge in [0.15, 0.2) is 0 Å². The first-order chi connectivity index (χ1) is 8.24. The Morgan fingerprint density at radius 1 is 1.47 bits per heavy atom. The largest absolute Gasteiger partial charge is 0.346 e. The molecule has 1 atom stereocenters. The topological polar surface area (TPSA) is 31.9 Å². The van der Waals surface area contributed by atoms with Crippen molar-refractivity contribution in [1.82, 2.24) is 14.9 Å². The van der Waals surface area contributed by atoms with E-state index in [1.54, 1.807) is 0 Å². The second-order valence-electron chi connectivity index (χ2n) is 4.97. The van der Waals surface area contributed by atoms with Crippen molar-refractivity contribution in [3.8, 4) is 0 Å². The molecule has 0 aromatic carbocycles. The van der Waals surface area contributed by atoms with E-state index in [1.165, 1.54) is 16.5 Å². The van der Waals surface area contributed by atoms with Gasteiger partial charge in [0.25, 0.3) is 0 Å². The highest BCUT2D eigenvalue weighted by Gasteiger charge is 2.17. The number of fused-ring (bicyclic) bond motifs is 1. The summed E-state index contributed by atoms with van der Waals surface area (Å²) in [5.74, 6) is 0.616. The SMILES string of the molecule is C[C@H]1C=C(c2c[nH]c3ncccc23)CN(C)C1. The van der Waals surface area contributed by atoms with Gasteiger partial charge in [0, 0.05) is 36.4 Å². The highest BCUT2D eigenvalue weighted by atomic mass is 15.1.